The fraction of sp³-hybridized carbons (Fsp3) is 0.346. The quantitative estimate of drug-likeness (QED) is 0.591. The van der Waals surface area contributed by atoms with Crippen LogP contribution in [0.3, 0.4) is 0 Å². The van der Waals surface area contributed by atoms with Gasteiger partial charge in [0.1, 0.15) is 6.04 Å². The Morgan fingerprint density at radius 2 is 1.68 bits per heavy atom. The van der Waals surface area contributed by atoms with Gasteiger partial charge in [0, 0.05) is 17.7 Å². The van der Waals surface area contributed by atoms with Crippen LogP contribution in [0.2, 0.25) is 0 Å². The SMILES string of the molecule is CC.CCNC(=O)C[C@@H]1N=C(c2ccc(C)cc2)c2cc(C)ccc2-c2c(C)noc21. The van der Waals surface area contributed by atoms with Crippen LogP contribution in [0.4, 0.5) is 0 Å². The number of hydrogen-bond donors (Lipinski definition) is 1. The number of rotatable bonds is 4. The molecule has 1 aliphatic rings. The Hall–Kier alpha value is -3.21. The molecule has 5 heteroatoms. The molecule has 0 unspecified atom stereocenters. The third-order valence-corrected chi connectivity index (χ3v) is 5.25. The van der Waals surface area contributed by atoms with Crippen LogP contribution in [0.15, 0.2) is 52.0 Å². The van der Waals surface area contributed by atoms with E-state index in [0.717, 1.165) is 39.2 Å². The number of nitrogens with one attached hydrogen (secondary N) is 1. The average Bonchev–Trinajstić information content (AvgIpc) is 3.08. The average molecular weight is 418 g/mol. The van der Waals surface area contributed by atoms with Crippen molar-refractivity contribution in [3.8, 4) is 11.1 Å². The molecule has 1 aliphatic heterocycles. The first-order valence-electron chi connectivity index (χ1n) is 11.0. The monoisotopic (exact) mass is 417 g/mol. The van der Waals surface area contributed by atoms with E-state index < -0.39 is 6.04 Å². The maximum atomic E-state index is 12.4. The Balaban J connectivity index is 0.00000132. The van der Waals surface area contributed by atoms with E-state index in [-0.39, 0.29) is 12.3 Å². The molecule has 5 nitrogen and oxygen atoms in total. The zero-order chi connectivity index (χ0) is 22.5. The highest BCUT2D eigenvalue weighted by molar-refractivity contribution is 6.17. The van der Waals surface area contributed by atoms with Crippen molar-refractivity contribution in [1.82, 2.24) is 10.5 Å². The van der Waals surface area contributed by atoms with Crippen molar-refractivity contribution >= 4 is 11.6 Å². The fourth-order valence-electron chi connectivity index (χ4n) is 3.82. The summed E-state index contributed by atoms with van der Waals surface area (Å²) in [6, 6.07) is 14.3. The van der Waals surface area contributed by atoms with Gasteiger partial charge in [-0.25, -0.2) is 0 Å². The topological polar surface area (TPSA) is 67.5 Å². The summed E-state index contributed by atoms with van der Waals surface area (Å²) in [6.07, 6.45) is 0.220. The molecule has 1 aromatic heterocycles. The lowest BCUT2D eigenvalue weighted by Crippen LogP contribution is -2.24. The van der Waals surface area contributed by atoms with Crippen molar-refractivity contribution in [3.63, 3.8) is 0 Å². The summed E-state index contributed by atoms with van der Waals surface area (Å²) < 4.78 is 5.71. The zero-order valence-corrected chi connectivity index (χ0v) is 19.2. The zero-order valence-electron chi connectivity index (χ0n) is 19.2. The second-order valence-corrected chi connectivity index (χ2v) is 7.57. The maximum Gasteiger partial charge on any atom is 0.222 e. The number of aliphatic imine (C=N–C) groups is 1. The molecular weight excluding hydrogens is 386 g/mol. The van der Waals surface area contributed by atoms with Gasteiger partial charge in [0.15, 0.2) is 5.76 Å². The minimum atomic E-state index is -0.429. The molecule has 4 rings (SSSR count). The van der Waals surface area contributed by atoms with Gasteiger partial charge in [0.25, 0.3) is 0 Å². The third-order valence-electron chi connectivity index (χ3n) is 5.25. The normalized spacial score (nSPS) is 14.4. The van der Waals surface area contributed by atoms with Gasteiger partial charge < -0.3 is 9.84 Å². The Labute approximate surface area is 184 Å². The predicted molar refractivity (Wildman–Crippen MR) is 126 cm³/mol. The van der Waals surface area contributed by atoms with Crippen LogP contribution in [0.5, 0.6) is 0 Å². The van der Waals surface area contributed by atoms with Crippen LogP contribution in [0.1, 0.15) is 66.9 Å². The van der Waals surface area contributed by atoms with E-state index in [2.05, 4.69) is 66.8 Å². The molecule has 0 saturated heterocycles. The Kier molecular flexibility index (Phi) is 7.06. The van der Waals surface area contributed by atoms with Crippen molar-refractivity contribution in [3.05, 3.63) is 76.2 Å². The van der Waals surface area contributed by atoms with E-state index in [1.807, 2.05) is 27.7 Å². The molecule has 0 fully saturated rings. The highest BCUT2D eigenvalue weighted by Gasteiger charge is 2.31. The lowest BCUT2D eigenvalue weighted by molar-refractivity contribution is -0.121. The van der Waals surface area contributed by atoms with Crippen LogP contribution >= 0.6 is 0 Å². The molecule has 1 N–H and O–H groups in total. The Morgan fingerprint density at radius 1 is 1.00 bits per heavy atom. The predicted octanol–water partition coefficient (Wildman–Crippen LogP) is 5.71. The van der Waals surface area contributed by atoms with Crippen molar-refractivity contribution in [1.29, 1.82) is 0 Å². The number of hydrogen-bond acceptors (Lipinski definition) is 4. The van der Waals surface area contributed by atoms with Crippen LogP contribution in [0, 0.1) is 20.8 Å². The van der Waals surface area contributed by atoms with Crippen LogP contribution in [-0.4, -0.2) is 23.3 Å². The number of carbonyl (C=O) groups excluding carboxylic acids is 1. The van der Waals surface area contributed by atoms with Gasteiger partial charge in [-0.3, -0.25) is 9.79 Å². The smallest absolute Gasteiger partial charge is 0.222 e. The molecule has 3 aromatic rings. The largest absolute Gasteiger partial charge is 0.358 e. The molecule has 1 atom stereocenters. The lowest BCUT2D eigenvalue weighted by Gasteiger charge is -2.13. The van der Waals surface area contributed by atoms with E-state index in [0.29, 0.717) is 12.3 Å². The first-order chi connectivity index (χ1) is 15.0. The molecule has 0 aliphatic carbocycles. The van der Waals surface area contributed by atoms with Crippen molar-refractivity contribution in [2.75, 3.05) is 6.54 Å². The van der Waals surface area contributed by atoms with Gasteiger partial charge in [-0.2, -0.15) is 0 Å². The number of fused-ring (bicyclic) bond motifs is 3. The van der Waals surface area contributed by atoms with Crippen molar-refractivity contribution < 1.29 is 9.32 Å². The van der Waals surface area contributed by atoms with Gasteiger partial charge in [-0.15, -0.1) is 0 Å². The summed E-state index contributed by atoms with van der Waals surface area (Å²) in [5.74, 6) is 0.604. The standard InChI is InChI=1S/C24H25N3O2.C2H6/c1-5-25-21(28)13-20-24-22(16(4)27-29-24)18-11-8-15(3)12-19(18)23(26-20)17-9-6-14(2)7-10-17;1-2/h6-12,20H,5,13H2,1-4H3,(H,25,28);1-2H3/t20-;/m0./s1. The second-order valence-electron chi connectivity index (χ2n) is 7.57. The van der Waals surface area contributed by atoms with E-state index in [1.54, 1.807) is 0 Å². The number of amides is 1. The van der Waals surface area contributed by atoms with Crippen LogP contribution < -0.4 is 5.32 Å². The minimum Gasteiger partial charge on any atom is -0.358 e. The van der Waals surface area contributed by atoms with E-state index in [9.17, 15) is 4.79 Å². The Morgan fingerprint density at radius 3 is 2.35 bits per heavy atom. The van der Waals surface area contributed by atoms with Crippen LogP contribution in [-0.2, 0) is 4.79 Å². The van der Waals surface area contributed by atoms with E-state index >= 15 is 0 Å². The van der Waals surface area contributed by atoms with Crippen molar-refractivity contribution in [2.24, 2.45) is 4.99 Å². The fourth-order valence-corrected chi connectivity index (χ4v) is 3.82. The van der Waals surface area contributed by atoms with Gasteiger partial charge in [0.05, 0.1) is 23.4 Å². The molecule has 0 bridgehead atoms. The summed E-state index contributed by atoms with van der Waals surface area (Å²) >= 11 is 0. The van der Waals surface area contributed by atoms with Gasteiger partial charge in [-0.1, -0.05) is 66.5 Å². The highest BCUT2D eigenvalue weighted by atomic mass is 16.5. The molecule has 2 aromatic carbocycles. The molecule has 2 heterocycles. The summed E-state index contributed by atoms with van der Waals surface area (Å²) in [4.78, 5) is 17.5. The molecule has 31 heavy (non-hydrogen) atoms. The summed E-state index contributed by atoms with van der Waals surface area (Å²) in [5.41, 5.74) is 8.09. The number of aryl methyl sites for hydroxylation is 3. The highest BCUT2D eigenvalue weighted by Crippen LogP contribution is 2.41. The maximum absolute atomic E-state index is 12.4. The van der Waals surface area contributed by atoms with E-state index in [1.165, 1.54) is 5.56 Å². The molecular formula is C26H31N3O2. The number of aromatic nitrogens is 1. The molecule has 0 saturated carbocycles. The Bertz CT molecular complexity index is 1090. The number of nitrogens with zero attached hydrogens (tertiary/aromatic N) is 2. The third kappa shape index (κ3) is 4.61. The molecule has 162 valence electrons. The summed E-state index contributed by atoms with van der Waals surface area (Å²) in [6.45, 7) is 12.6. The van der Waals surface area contributed by atoms with Crippen LogP contribution in [0.25, 0.3) is 11.1 Å². The van der Waals surface area contributed by atoms with Crippen molar-refractivity contribution in [2.45, 2.75) is 54.0 Å². The van der Waals surface area contributed by atoms with Gasteiger partial charge in [-0.05, 0) is 39.3 Å². The lowest BCUT2D eigenvalue weighted by atomic mass is 9.91. The molecule has 0 radical (unpaired) electrons. The molecule has 1 amide bonds. The first kappa shape index (κ1) is 22.5. The summed E-state index contributed by atoms with van der Waals surface area (Å²) in [5, 5.41) is 7.07. The van der Waals surface area contributed by atoms with E-state index in [4.69, 9.17) is 9.52 Å². The van der Waals surface area contributed by atoms with Gasteiger partial charge >= 0.3 is 0 Å². The number of benzene rings is 2. The number of carbonyl (C=O) groups is 1. The first-order valence-corrected chi connectivity index (χ1v) is 11.0. The second kappa shape index (κ2) is 9.73. The summed E-state index contributed by atoms with van der Waals surface area (Å²) in [7, 11) is 0. The van der Waals surface area contributed by atoms with Gasteiger partial charge in [0.2, 0.25) is 5.91 Å². The molecule has 0 spiro atoms. The minimum absolute atomic E-state index is 0.0494.